The number of nitrogens with one attached hydrogen (secondary N) is 1. The van der Waals surface area contributed by atoms with Crippen LogP contribution in [0.15, 0.2) is 48.5 Å². The van der Waals surface area contributed by atoms with Crippen LogP contribution in [0.1, 0.15) is 15.9 Å². The minimum atomic E-state index is -4.76. The molecule has 0 aliphatic rings. The minimum absolute atomic E-state index is 0.0397. The number of carbonyl (C=O) groups is 1. The molecule has 0 bridgehead atoms. The Morgan fingerprint density at radius 1 is 1.04 bits per heavy atom. The Labute approximate surface area is 130 Å². The van der Waals surface area contributed by atoms with Crippen LogP contribution in [0, 0.1) is 0 Å². The summed E-state index contributed by atoms with van der Waals surface area (Å²) in [5.74, 6) is -0.833. The van der Waals surface area contributed by atoms with Crippen molar-refractivity contribution in [2.75, 3.05) is 11.9 Å². The maximum absolute atomic E-state index is 12.1. The van der Waals surface area contributed by atoms with Crippen molar-refractivity contribution in [2.45, 2.75) is 12.8 Å². The monoisotopic (exact) mass is 325 g/mol. The molecule has 2 aromatic rings. The molecule has 0 spiro atoms. The Morgan fingerprint density at radius 2 is 1.65 bits per heavy atom. The summed E-state index contributed by atoms with van der Waals surface area (Å²) >= 11 is 0. The third-order valence-electron chi connectivity index (χ3n) is 2.96. The standard InChI is InChI=1S/C16H14F3NO3/c17-16(18,19)23-14-7-3-12(4-8-14)15(22)20-13-5-1-11(2-6-13)9-10-21/h1-8,21H,9-10H2,(H,20,22). The summed E-state index contributed by atoms with van der Waals surface area (Å²) in [7, 11) is 0. The van der Waals surface area contributed by atoms with Crippen molar-refractivity contribution < 1.29 is 27.8 Å². The zero-order chi connectivity index (χ0) is 16.9. The van der Waals surface area contributed by atoms with E-state index in [9.17, 15) is 18.0 Å². The number of alkyl halides is 3. The minimum Gasteiger partial charge on any atom is -0.406 e. The van der Waals surface area contributed by atoms with Crippen molar-refractivity contribution >= 4 is 11.6 Å². The van der Waals surface area contributed by atoms with Gasteiger partial charge in [-0.1, -0.05) is 12.1 Å². The highest BCUT2D eigenvalue weighted by atomic mass is 19.4. The van der Waals surface area contributed by atoms with E-state index in [1.165, 1.54) is 12.1 Å². The van der Waals surface area contributed by atoms with Crippen molar-refractivity contribution in [3.63, 3.8) is 0 Å². The Balaban J connectivity index is 2.00. The molecule has 0 saturated carbocycles. The molecular formula is C16H14F3NO3. The van der Waals surface area contributed by atoms with Gasteiger partial charge < -0.3 is 15.2 Å². The van der Waals surface area contributed by atoms with E-state index in [1.807, 2.05) is 0 Å². The van der Waals surface area contributed by atoms with Gasteiger partial charge in [0.05, 0.1) is 0 Å². The largest absolute Gasteiger partial charge is 0.573 e. The molecule has 0 heterocycles. The molecule has 0 aliphatic carbocycles. The van der Waals surface area contributed by atoms with Gasteiger partial charge in [-0.2, -0.15) is 0 Å². The lowest BCUT2D eigenvalue weighted by molar-refractivity contribution is -0.274. The van der Waals surface area contributed by atoms with Crippen LogP contribution in [0.5, 0.6) is 5.75 Å². The van der Waals surface area contributed by atoms with Crippen molar-refractivity contribution in [1.29, 1.82) is 0 Å². The number of benzene rings is 2. The zero-order valence-electron chi connectivity index (χ0n) is 11.9. The fourth-order valence-corrected chi connectivity index (χ4v) is 1.90. The maximum Gasteiger partial charge on any atom is 0.573 e. The second-order valence-corrected chi connectivity index (χ2v) is 4.70. The van der Waals surface area contributed by atoms with Crippen LogP contribution in [0.25, 0.3) is 0 Å². The number of rotatable bonds is 5. The lowest BCUT2D eigenvalue weighted by Crippen LogP contribution is -2.17. The summed E-state index contributed by atoms with van der Waals surface area (Å²) in [6, 6.07) is 11.6. The smallest absolute Gasteiger partial charge is 0.406 e. The van der Waals surface area contributed by atoms with E-state index in [1.54, 1.807) is 24.3 Å². The lowest BCUT2D eigenvalue weighted by atomic mass is 10.1. The molecule has 122 valence electrons. The fourth-order valence-electron chi connectivity index (χ4n) is 1.90. The van der Waals surface area contributed by atoms with Crippen molar-refractivity contribution in [3.05, 3.63) is 59.7 Å². The van der Waals surface area contributed by atoms with Gasteiger partial charge in [-0.3, -0.25) is 4.79 Å². The second-order valence-electron chi connectivity index (χ2n) is 4.70. The second kappa shape index (κ2) is 7.15. The van der Waals surface area contributed by atoms with Crippen LogP contribution in [0.2, 0.25) is 0 Å². The number of hydrogen-bond donors (Lipinski definition) is 2. The van der Waals surface area contributed by atoms with Gasteiger partial charge >= 0.3 is 6.36 Å². The molecule has 4 nitrogen and oxygen atoms in total. The number of ether oxygens (including phenoxy) is 1. The average molecular weight is 325 g/mol. The highest BCUT2D eigenvalue weighted by Crippen LogP contribution is 2.23. The highest BCUT2D eigenvalue weighted by Gasteiger charge is 2.31. The average Bonchev–Trinajstić information content (AvgIpc) is 2.48. The van der Waals surface area contributed by atoms with Crippen molar-refractivity contribution in [1.82, 2.24) is 0 Å². The van der Waals surface area contributed by atoms with Gasteiger partial charge in [0.1, 0.15) is 5.75 Å². The van der Waals surface area contributed by atoms with Gasteiger partial charge in [0, 0.05) is 17.9 Å². The molecule has 0 atom stereocenters. The number of carbonyl (C=O) groups excluding carboxylic acids is 1. The molecule has 0 saturated heterocycles. The third kappa shape index (κ3) is 5.30. The Hall–Kier alpha value is -2.54. The quantitative estimate of drug-likeness (QED) is 0.886. The topological polar surface area (TPSA) is 58.6 Å². The van der Waals surface area contributed by atoms with E-state index in [-0.39, 0.29) is 17.9 Å². The SMILES string of the molecule is O=C(Nc1ccc(CCO)cc1)c1ccc(OC(F)(F)F)cc1. The van der Waals surface area contributed by atoms with Crippen LogP contribution < -0.4 is 10.1 Å². The Morgan fingerprint density at radius 3 is 2.17 bits per heavy atom. The first-order valence-corrected chi connectivity index (χ1v) is 6.74. The Bertz CT molecular complexity index is 652. The van der Waals surface area contributed by atoms with E-state index in [0.29, 0.717) is 12.1 Å². The summed E-state index contributed by atoms with van der Waals surface area (Å²) in [5.41, 5.74) is 1.69. The number of amides is 1. The number of anilines is 1. The van der Waals surface area contributed by atoms with E-state index in [4.69, 9.17) is 5.11 Å². The fraction of sp³-hybridized carbons (Fsp3) is 0.188. The first-order chi connectivity index (χ1) is 10.9. The van der Waals surface area contributed by atoms with E-state index in [2.05, 4.69) is 10.1 Å². The lowest BCUT2D eigenvalue weighted by Gasteiger charge is -2.10. The molecule has 7 heteroatoms. The van der Waals surface area contributed by atoms with Gasteiger partial charge in [-0.05, 0) is 48.4 Å². The predicted octanol–water partition coefficient (Wildman–Crippen LogP) is 3.37. The molecule has 0 radical (unpaired) electrons. The predicted molar refractivity (Wildman–Crippen MR) is 78.3 cm³/mol. The van der Waals surface area contributed by atoms with Crippen LogP contribution >= 0.6 is 0 Å². The first kappa shape index (κ1) is 16.8. The van der Waals surface area contributed by atoms with Gasteiger partial charge in [0.15, 0.2) is 0 Å². The van der Waals surface area contributed by atoms with Crippen molar-refractivity contribution in [3.8, 4) is 5.75 Å². The molecule has 2 aromatic carbocycles. The van der Waals surface area contributed by atoms with E-state index >= 15 is 0 Å². The van der Waals surface area contributed by atoms with Crippen LogP contribution in [-0.4, -0.2) is 24.0 Å². The van der Waals surface area contributed by atoms with Gasteiger partial charge in [0.2, 0.25) is 0 Å². The summed E-state index contributed by atoms with van der Waals surface area (Å²) < 4.78 is 39.9. The first-order valence-electron chi connectivity index (χ1n) is 6.74. The molecule has 0 unspecified atom stereocenters. The zero-order valence-corrected chi connectivity index (χ0v) is 11.9. The van der Waals surface area contributed by atoms with Crippen LogP contribution in [0.4, 0.5) is 18.9 Å². The third-order valence-corrected chi connectivity index (χ3v) is 2.96. The summed E-state index contributed by atoms with van der Waals surface area (Å²) in [5, 5.41) is 11.5. The number of halogens is 3. The normalized spacial score (nSPS) is 11.1. The number of hydrogen-bond acceptors (Lipinski definition) is 3. The van der Waals surface area contributed by atoms with E-state index < -0.39 is 12.3 Å². The highest BCUT2D eigenvalue weighted by molar-refractivity contribution is 6.04. The van der Waals surface area contributed by atoms with Gasteiger partial charge in [-0.25, -0.2) is 0 Å². The summed E-state index contributed by atoms with van der Waals surface area (Å²) in [6.45, 7) is 0.0397. The van der Waals surface area contributed by atoms with Gasteiger partial charge in [-0.15, -0.1) is 13.2 Å². The molecule has 0 aromatic heterocycles. The molecule has 23 heavy (non-hydrogen) atoms. The number of aliphatic hydroxyl groups is 1. The number of aliphatic hydroxyl groups excluding tert-OH is 1. The molecular weight excluding hydrogens is 311 g/mol. The molecule has 1 amide bonds. The Kier molecular flexibility index (Phi) is 5.23. The summed E-state index contributed by atoms with van der Waals surface area (Å²) in [6.07, 6.45) is -4.24. The summed E-state index contributed by atoms with van der Waals surface area (Å²) in [4.78, 5) is 12.0. The molecule has 2 rings (SSSR count). The van der Waals surface area contributed by atoms with Crippen LogP contribution in [-0.2, 0) is 6.42 Å². The van der Waals surface area contributed by atoms with Crippen molar-refractivity contribution in [2.24, 2.45) is 0 Å². The maximum atomic E-state index is 12.1. The van der Waals surface area contributed by atoms with Gasteiger partial charge in [0.25, 0.3) is 5.91 Å². The van der Waals surface area contributed by atoms with Crippen LogP contribution in [0.3, 0.4) is 0 Å². The molecule has 0 aliphatic heterocycles. The van der Waals surface area contributed by atoms with E-state index in [0.717, 1.165) is 17.7 Å². The molecule has 0 fully saturated rings. The molecule has 2 N–H and O–H groups in total.